The molecular weight excluding hydrogens is 371 g/mol. The van der Waals surface area contributed by atoms with Gasteiger partial charge in [0.25, 0.3) is 11.8 Å². The third-order valence-electron chi connectivity index (χ3n) is 2.71. The lowest BCUT2D eigenvalue weighted by Crippen LogP contribution is -2.11. The van der Waals surface area contributed by atoms with E-state index in [0.717, 1.165) is 23.5 Å². The van der Waals surface area contributed by atoms with Crippen molar-refractivity contribution in [2.45, 2.75) is 0 Å². The number of carbonyl (C=O) groups excluding carboxylic acids is 1. The zero-order valence-corrected chi connectivity index (χ0v) is 13.3. The van der Waals surface area contributed by atoms with Crippen molar-refractivity contribution in [1.82, 2.24) is 10.2 Å². The number of hydrogen-bond acceptors (Lipinski definition) is 5. The summed E-state index contributed by atoms with van der Waals surface area (Å²) in [5.74, 6) is -2.40. The van der Waals surface area contributed by atoms with E-state index in [-0.39, 0.29) is 27.4 Å². The summed E-state index contributed by atoms with van der Waals surface area (Å²) < 4.78 is 32.2. The second-order valence-electron chi connectivity index (χ2n) is 4.23. The summed E-state index contributed by atoms with van der Waals surface area (Å²) in [4.78, 5) is 12.0. The molecule has 0 saturated carbocycles. The van der Waals surface area contributed by atoms with E-state index < -0.39 is 17.5 Å². The van der Waals surface area contributed by atoms with Crippen molar-refractivity contribution >= 4 is 46.5 Å². The number of anilines is 1. The van der Waals surface area contributed by atoms with E-state index in [4.69, 9.17) is 27.6 Å². The van der Waals surface area contributed by atoms with Crippen molar-refractivity contribution in [1.29, 1.82) is 0 Å². The van der Waals surface area contributed by atoms with Crippen LogP contribution in [0.5, 0.6) is 0 Å². The third-order valence-corrected chi connectivity index (χ3v) is 4.20. The fourth-order valence-electron chi connectivity index (χ4n) is 1.71. The van der Waals surface area contributed by atoms with E-state index in [1.54, 1.807) is 0 Å². The first-order valence-corrected chi connectivity index (χ1v) is 7.56. The zero-order chi connectivity index (χ0) is 16.6. The Morgan fingerprint density at radius 3 is 2.65 bits per heavy atom. The number of nitrogens with zero attached hydrogens (tertiary/aromatic N) is 2. The molecule has 3 aromatic rings. The predicted molar refractivity (Wildman–Crippen MR) is 81.9 cm³/mol. The summed E-state index contributed by atoms with van der Waals surface area (Å²) >= 11 is 12.7. The first-order chi connectivity index (χ1) is 10.9. The number of aromatic nitrogens is 2. The van der Waals surface area contributed by atoms with Crippen LogP contribution in [0.25, 0.3) is 11.5 Å². The van der Waals surface area contributed by atoms with Crippen molar-refractivity contribution < 1.29 is 18.0 Å². The smallest absolute Gasteiger partial charge is 0.322 e. The highest BCUT2D eigenvalue weighted by Crippen LogP contribution is 2.31. The topological polar surface area (TPSA) is 68.0 Å². The normalized spacial score (nSPS) is 10.8. The Hall–Kier alpha value is -2.03. The van der Waals surface area contributed by atoms with Crippen LogP contribution in [-0.2, 0) is 0 Å². The molecule has 2 heterocycles. The minimum atomic E-state index is -0.862. The Bertz CT molecular complexity index is 897. The fourth-order valence-corrected chi connectivity index (χ4v) is 3.16. The first-order valence-electron chi connectivity index (χ1n) is 5.99. The van der Waals surface area contributed by atoms with Crippen molar-refractivity contribution in [2.75, 3.05) is 5.32 Å². The SMILES string of the molecule is O=C(Nc1nnc(-c2ccc(F)cc2F)o1)c1cc(Cl)sc1Cl. The summed E-state index contributed by atoms with van der Waals surface area (Å²) in [5.41, 5.74) is 0.0605. The van der Waals surface area contributed by atoms with Gasteiger partial charge in [0.2, 0.25) is 0 Å². The standard InChI is InChI=1S/C13H5Cl2F2N3O2S/c14-9-4-7(10(15)23-9)11(21)18-13-20-19-12(22-13)6-2-1-5(16)3-8(6)17/h1-4H,(H,18,20,21). The number of benzene rings is 1. The largest absolute Gasteiger partial charge is 0.403 e. The van der Waals surface area contributed by atoms with Gasteiger partial charge in [-0.1, -0.05) is 28.3 Å². The maximum absolute atomic E-state index is 13.6. The average Bonchev–Trinajstić information content (AvgIpc) is 3.05. The van der Waals surface area contributed by atoms with Gasteiger partial charge in [0, 0.05) is 6.07 Å². The number of hydrogen-bond donors (Lipinski definition) is 1. The second-order valence-corrected chi connectivity index (χ2v) is 6.51. The van der Waals surface area contributed by atoms with Gasteiger partial charge in [-0.15, -0.1) is 16.4 Å². The quantitative estimate of drug-likeness (QED) is 0.724. The average molecular weight is 376 g/mol. The molecule has 5 nitrogen and oxygen atoms in total. The molecule has 0 aliphatic rings. The third kappa shape index (κ3) is 3.34. The second kappa shape index (κ2) is 6.23. The molecule has 118 valence electrons. The monoisotopic (exact) mass is 375 g/mol. The molecule has 0 aliphatic carbocycles. The van der Waals surface area contributed by atoms with Crippen LogP contribution in [0.3, 0.4) is 0 Å². The summed E-state index contributed by atoms with van der Waals surface area (Å²) in [6, 6.07) is 4.02. The molecule has 0 radical (unpaired) electrons. The zero-order valence-electron chi connectivity index (χ0n) is 10.9. The summed E-state index contributed by atoms with van der Waals surface area (Å²) in [5, 5.41) is 9.50. The van der Waals surface area contributed by atoms with Crippen molar-refractivity contribution in [2.24, 2.45) is 0 Å². The van der Waals surface area contributed by atoms with Gasteiger partial charge in [-0.05, 0) is 18.2 Å². The Morgan fingerprint density at radius 1 is 1.22 bits per heavy atom. The number of nitrogens with one attached hydrogen (secondary N) is 1. The van der Waals surface area contributed by atoms with Crippen LogP contribution in [0.4, 0.5) is 14.8 Å². The summed E-state index contributed by atoms with van der Waals surface area (Å²) in [7, 11) is 0. The molecule has 1 amide bonds. The van der Waals surface area contributed by atoms with Crippen LogP contribution in [0, 0.1) is 11.6 Å². The highest BCUT2D eigenvalue weighted by Gasteiger charge is 2.18. The van der Waals surface area contributed by atoms with Gasteiger partial charge in [0.05, 0.1) is 15.5 Å². The Labute approximate surface area is 141 Å². The summed E-state index contributed by atoms with van der Waals surface area (Å²) in [6.45, 7) is 0. The highest BCUT2D eigenvalue weighted by molar-refractivity contribution is 7.20. The summed E-state index contributed by atoms with van der Waals surface area (Å²) in [6.07, 6.45) is 0. The van der Waals surface area contributed by atoms with Gasteiger partial charge >= 0.3 is 6.01 Å². The molecule has 23 heavy (non-hydrogen) atoms. The van der Waals surface area contributed by atoms with E-state index in [2.05, 4.69) is 15.5 Å². The fraction of sp³-hybridized carbons (Fsp3) is 0. The van der Waals surface area contributed by atoms with E-state index in [0.29, 0.717) is 10.4 Å². The molecule has 0 bridgehead atoms. The molecule has 10 heteroatoms. The van der Waals surface area contributed by atoms with Crippen LogP contribution in [0.15, 0.2) is 28.7 Å². The number of amides is 1. The number of thiophene rings is 1. The molecule has 0 fully saturated rings. The van der Waals surface area contributed by atoms with E-state index >= 15 is 0 Å². The van der Waals surface area contributed by atoms with E-state index in [9.17, 15) is 13.6 Å². The molecule has 1 N–H and O–H groups in total. The van der Waals surface area contributed by atoms with E-state index in [1.165, 1.54) is 6.07 Å². The van der Waals surface area contributed by atoms with Gasteiger partial charge in [0.15, 0.2) is 0 Å². The minimum Gasteiger partial charge on any atom is -0.403 e. The molecule has 0 spiro atoms. The van der Waals surface area contributed by atoms with Crippen LogP contribution >= 0.6 is 34.5 Å². The Kier molecular flexibility index (Phi) is 4.29. The Morgan fingerprint density at radius 2 is 2.00 bits per heavy atom. The van der Waals surface area contributed by atoms with Crippen molar-refractivity contribution in [3.8, 4) is 11.5 Å². The Balaban J connectivity index is 1.82. The van der Waals surface area contributed by atoms with Crippen LogP contribution < -0.4 is 5.32 Å². The van der Waals surface area contributed by atoms with Gasteiger partial charge in [-0.3, -0.25) is 10.1 Å². The van der Waals surface area contributed by atoms with Gasteiger partial charge in [-0.2, -0.15) is 0 Å². The van der Waals surface area contributed by atoms with Crippen LogP contribution in [0.1, 0.15) is 10.4 Å². The first kappa shape index (κ1) is 15.9. The van der Waals surface area contributed by atoms with Crippen molar-refractivity contribution in [3.05, 3.63) is 50.1 Å². The molecule has 0 saturated heterocycles. The molecule has 1 aromatic carbocycles. The number of rotatable bonds is 3. The molecule has 0 atom stereocenters. The van der Waals surface area contributed by atoms with Crippen LogP contribution in [-0.4, -0.2) is 16.1 Å². The van der Waals surface area contributed by atoms with Gasteiger partial charge in [-0.25, -0.2) is 8.78 Å². The van der Waals surface area contributed by atoms with Crippen LogP contribution in [0.2, 0.25) is 8.67 Å². The molecule has 2 aromatic heterocycles. The lowest BCUT2D eigenvalue weighted by molar-refractivity contribution is 0.102. The molecule has 3 rings (SSSR count). The molecule has 0 unspecified atom stereocenters. The highest BCUT2D eigenvalue weighted by atomic mass is 35.5. The van der Waals surface area contributed by atoms with Gasteiger partial charge < -0.3 is 4.42 Å². The van der Waals surface area contributed by atoms with Crippen molar-refractivity contribution in [3.63, 3.8) is 0 Å². The number of halogens is 4. The lowest BCUT2D eigenvalue weighted by atomic mass is 10.2. The lowest BCUT2D eigenvalue weighted by Gasteiger charge is -1.99. The number of carbonyl (C=O) groups is 1. The minimum absolute atomic E-state index is 0.0870. The van der Waals surface area contributed by atoms with Gasteiger partial charge in [0.1, 0.15) is 16.0 Å². The maximum atomic E-state index is 13.6. The molecule has 0 aliphatic heterocycles. The molecular formula is C13H5Cl2F2N3O2S. The predicted octanol–water partition coefficient (Wildman–Crippen LogP) is 4.64. The van der Waals surface area contributed by atoms with E-state index in [1.807, 2.05) is 0 Å². The maximum Gasteiger partial charge on any atom is 0.322 e.